The molecule has 0 aliphatic carbocycles. The van der Waals surface area contributed by atoms with Crippen molar-refractivity contribution in [2.45, 2.75) is 24.3 Å². The highest BCUT2D eigenvalue weighted by Gasteiger charge is 2.05. The van der Waals surface area contributed by atoms with Gasteiger partial charge in [0, 0.05) is 23.2 Å². The molecular weight excluding hydrogens is 234 g/mol. The highest BCUT2D eigenvalue weighted by Crippen LogP contribution is 2.20. The van der Waals surface area contributed by atoms with Crippen molar-refractivity contribution in [1.82, 2.24) is 5.32 Å². The van der Waals surface area contributed by atoms with E-state index in [0.29, 0.717) is 6.04 Å². The second-order valence-corrected chi connectivity index (χ2v) is 5.70. The molecule has 16 heavy (non-hydrogen) atoms. The van der Waals surface area contributed by atoms with Gasteiger partial charge in [0.25, 0.3) is 0 Å². The molecule has 0 aromatic heterocycles. The van der Waals surface area contributed by atoms with Gasteiger partial charge in [0.05, 0.1) is 0 Å². The third-order valence-electron chi connectivity index (χ3n) is 2.52. The van der Waals surface area contributed by atoms with Gasteiger partial charge in [-0.25, -0.2) is 0 Å². The molecule has 0 heterocycles. The van der Waals surface area contributed by atoms with Crippen LogP contribution in [0.1, 0.15) is 12.5 Å². The van der Waals surface area contributed by atoms with Crippen molar-refractivity contribution in [2.24, 2.45) is 0 Å². The van der Waals surface area contributed by atoms with Crippen LogP contribution in [0.25, 0.3) is 0 Å². The molecular formula is C13H21NS2. The lowest BCUT2D eigenvalue weighted by Gasteiger charge is -2.15. The number of rotatable bonds is 7. The quantitative estimate of drug-likeness (QED) is 0.593. The molecule has 1 aromatic carbocycles. The van der Waals surface area contributed by atoms with Crippen LogP contribution in [0.3, 0.4) is 0 Å². The summed E-state index contributed by atoms with van der Waals surface area (Å²) in [5.41, 5.74) is 1.46. The van der Waals surface area contributed by atoms with Crippen LogP contribution in [0.5, 0.6) is 0 Å². The molecule has 1 atom stereocenters. The Labute approximate surface area is 108 Å². The van der Waals surface area contributed by atoms with Gasteiger partial charge in [0.1, 0.15) is 0 Å². The Hall–Kier alpha value is -0.120. The Balaban J connectivity index is 2.45. The van der Waals surface area contributed by atoms with Crippen molar-refractivity contribution in [3.63, 3.8) is 0 Å². The summed E-state index contributed by atoms with van der Waals surface area (Å²) < 4.78 is 0. The molecule has 1 unspecified atom stereocenters. The molecule has 0 saturated heterocycles. The predicted octanol–water partition coefficient (Wildman–Crippen LogP) is 3.29. The lowest BCUT2D eigenvalue weighted by molar-refractivity contribution is 0.564. The van der Waals surface area contributed by atoms with Crippen LogP contribution in [0.15, 0.2) is 29.2 Å². The van der Waals surface area contributed by atoms with Crippen LogP contribution >= 0.6 is 23.5 Å². The first kappa shape index (κ1) is 13.9. The van der Waals surface area contributed by atoms with E-state index in [1.54, 1.807) is 0 Å². The van der Waals surface area contributed by atoms with E-state index in [1.165, 1.54) is 16.2 Å². The van der Waals surface area contributed by atoms with Gasteiger partial charge in [-0.15, -0.1) is 11.8 Å². The summed E-state index contributed by atoms with van der Waals surface area (Å²) in [6.07, 6.45) is 5.41. The zero-order valence-electron chi connectivity index (χ0n) is 10.3. The van der Waals surface area contributed by atoms with Crippen LogP contribution in [0.2, 0.25) is 0 Å². The number of nitrogens with one attached hydrogen (secondary N) is 1. The van der Waals surface area contributed by atoms with Gasteiger partial charge in [-0.3, -0.25) is 0 Å². The van der Waals surface area contributed by atoms with Gasteiger partial charge in [-0.05, 0) is 37.5 Å². The Bertz CT molecular complexity index is 302. The number of thioether (sulfide) groups is 2. The molecule has 90 valence electrons. The summed E-state index contributed by atoms with van der Waals surface area (Å²) in [6, 6.07) is 9.23. The predicted molar refractivity (Wildman–Crippen MR) is 77.8 cm³/mol. The van der Waals surface area contributed by atoms with Crippen molar-refractivity contribution in [3.05, 3.63) is 29.8 Å². The monoisotopic (exact) mass is 255 g/mol. The van der Waals surface area contributed by atoms with Gasteiger partial charge in [-0.1, -0.05) is 18.2 Å². The first-order valence-electron chi connectivity index (χ1n) is 5.62. The smallest absolute Gasteiger partial charge is 0.0102 e. The summed E-state index contributed by atoms with van der Waals surface area (Å²) >= 11 is 3.72. The van der Waals surface area contributed by atoms with E-state index < -0.39 is 0 Å². The van der Waals surface area contributed by atoms with E-state index in [0.717, 1.165) is 13.0 Å². The topological polar surface area (TPSA) is 12.0 Å². The first-order valence-corrected chi connectivity index (χ1v) is 8.24. The third-order valence-corrected chi connectivity index (χ3v) is 3.97. The first-order chi connectivity index (χ1) is 7.77. The second-order valence-electron chi connectivity index (χ2n) is 3.86. The molecule has 1 N–H and O–H groups in total. The fourth-order valence-electron chi connectivity index (χ4n) is 1.68. The highest BCUT2D eigenvalue weighted by atomic mass is 32.2. The van der Waals surface area contributed by atoms with E-state index in [9.17, 15) is 0 Å². The standard InChI is InChI=1S/C13H21NS2/c1-11(14-8-9-15-2)10-12-6-4-5-7-13(12)16-3/h4-7,11,14H,8-10H2,1-3H3. The lowest BCUT2D eigenvalue weighted by Crippen LogP contribution is -2.30. The molecule has 0 bridgehead atoms. The molecule has 1 rings (SSSR count). The zero-order valence-corrected chi connectivity index (χ0v) is 12.0. The Morgan fingerprint density at radius 1 is 1.25 bits per heavy atom. The van der Waals surface area contributed by atoms with Crippen molar-refractivity contribution in [2.75, 3.05) is 24.8 Å². The maximum absolute atomic E-state index is 3.55. The normalized spacial score (nSPS) is 12.7. The van der Waals surface area contributed by atoms with Gasteiger partial charge in [-0.2, -0.15) is 11.8 Å². The summed E-state index contributed by atoms with van der Waals surface area (Å²) in [4.78, 5) is 1.40. The van der Waals surface area contributed by atoms with Gasteiger partial charge in [0.2, 0.25) is 0 Å². The molecule has 0 aliphatic heterocycles. The average molecular weight is 255 g/mol. The summed E-state index contributed by atoms with van der Waals surface area (Å²) in [5.74, 6) is 1.19. The molecule has 0 amide bonds. The largest absolute Gasteiger partial charge is 0.313 e. The molecule has 0 radical (unpaired) electrons. The minimum Gasteiger partial charge on any atom is -0.313 e. The van der Waals surface area contributed by atoms with Crippen molar-refractivity contribution in [1.29, 1.82) is 0 Å². The summed E-state index contributed by atoms with van der Waals surface area (Å²) in [6.45, 7) is 3.36. The Morgan fingerprint density at radius 3 is 2.69 bits per heavy atom. The van der Waals surface area contributed by atoms with Crippen molar-refractivity contribution in [3.8, 4) is 0 Å². The summed E-state index contributed by atoms with van der Waals surface area (Å²) in [5, 5.41) is 3.55. The van der Waals surface area contributed by atoms with E-state index in [-0.39, 0.29) is 0 Å². The molecule has 0 aliphatic rings. The van der Waals surface area contributed by atoms with Gasteiger partial charge < -0.3 is 5.32 Å². The minimum absolute atomic E-state index is 0.556. The van der Waals surface area contributed by atoms with Gasteiger partial charge in [0.15, 0.2) is 0 Å². The average Bonchev–Trinajstić information content (AvgIpc) is 2.30. The Morgan fingerprint density at radius 2 is 2.00 bits per heavy atom. The van der Waals surface area contributed by atoms with Crippen LogP contribution in [0, 0.1) is 0 Å². The van der Waals surface area contributed by atoms with E-state index in [1.807, 2.05) is 23.5 Å². The fraction of sp³-hybridized carbons (Fsp3) is 0.538. The van der Waals surface area contributed by atoms with Crippen LogP contribution in [0.4, 0.5) is 0 Å². The van der Waals surface area contributed by atoms with E-state index in [4.69, 9.17) is 0 Å². The summed E-state index contributed by atoms with van der Waals surface area (Å²) in [7, 11) is 0. The molecule has 0 fully saturated rings. The van der Waals surface area contributed by atoms with Crippen molar-refractivity contribution >= 4 is 23.5 Å². The number of benzene rings is 1. The SMILES string of the molecule is CSCCNC(C)Cc1ccccc1SC. The van der Waals surface area contributed by atoms with Crippen LogP contribution in [-0.4, -0.2) is 30.9 Å². The minimum atomic E-state index is 0.556. The number of hydrogen-bond acceptors (Lipinski definition) is 3. The molecule has 0 spiro atoms. The second kappa shape index (κ2) is 8.04. The fourth-order valence-corrected chi connectivity index (χ4v) is 2.63. The Kier molecular flexibility index (Phi) is 7.01. The molecule has 1 nitrogen and oxygen atoms in total. The van der Waals surface area contributed by atoms with E-state index in [2.05, 4.69) is 49.0 Å². The van der Waals surface area contributed by atoms with Crippen LogP contribution < -0.4 is 5.32 Å². The maximum Gasteiger partial charge on any atom is 0.0102 e. The molecule has 0 saturated carbocycles. The number of hydrogen-bond donors (Lipinski definition) is 1. The zero-order chi connectivity index (χ0) is 11.8. The van der Waals surface area contributed by atoms with Crippen LogP contribution in [-0.2, 0) is 6.42 Å². The third kappa shape index (κ3) is 4.81. The van der Waals surface area contributed by atoms with E-state index >= 15 is 0 Å². The highest BCUT2D eigenvalue weighted by molar-refractivity contribution is 7.98. The van der Waals surface area contributed by atoms with Crippen molar-refractivity contribution < 1.29 is 0 Å². The molecule has 3 heteroatoms. The maximum atomic E-state index is 3.55. The lowest BCUT2D eigenvalue weighted by atomic mass is 10.1. The van der Waals surface area contributed by atoms with Gasteiger partial charge >= 0.3 is 0 Å². The molecule has 1 aromatic rings.